The van der Waals surface area contributed by atoms with Crippen LogP contribution in [0.2, 0.25) is 0 Å². The lowest BCUT2D eigenvalue weighted by Crippen LogP contribution is -2.18. The lowest BCUT2D eigenvalue weighted by molar-refractivity contribution is 0.464. The smallest absolute Gasteiger partial charge is 0.306 e. The molecule has 0 saturated carbocycles. The van der Waals surface area contributed by atoms with Crippen LogP contribution in [0, 0.1) is 13.8 Å². The first-order valence-corrected chi connectivity index (χ1v) is 5.36. The van der Waals surface area contributed by atoms with E-state index in [9.17, 15) is 4.79 Å². The fourth-order valence-electron chi connectivity index (χ4n) is 1.26. The summed E-state index contributed by atoms with van der Waals surface area (Å²) in [6.07, 6.45) is 4.60. The van der Waals surface area contributed by atoms with Crippen LogP contribution < -0.4 is 10.3 Å². The lowest BCUT2D eigenvalue weighted by atomic mass is 10.3. The van der Waals surface area contributed by atoms with Gasteiger partial charge in [-0.1, -0.05) is 12.8 Å². The third-order valence-electron chi connectivity index (χ3n) is 2.29. The third kappa shape index (κ3) is 2.31. The van der Waals surface area contributed by atoms with Crippen molar-refractivity contribution in [3.8, 4) is 11.5 Å². The molecule has 2 heterocycles. The summed E-state index contributed by atoms with van der Waals surface area (Å²) in [7, 11) is 0. The van der Waals surface area contributed by atoms with E-state index >= 15 is 0 Å². The molecule has 2 aromatic heterocycles. The van der Waals surface area contributed by atoms with Crippen molar-refractivity contribution >= 4 is 12.8 Å². The van der Waals surface area contributed by atoms with Gasteiger partial charge in [-0.2, -0.15) is 0 Å². The van der Waals surface area contributed by atoms with Crippen molar-refractivity contribution in [2.75, 3.05) is 0 Å². The average Bonchev–Trinajstić information content (AvgIpc) is 2.32. The van der Waals surface area contributed by atoms with E-state index in [1.54, 1.807) is 25.4 Å². The van der Waals surface area contributed by atoms with Crippen molar-refractivity contribution in [3.05, 3.63) is 46.4 Å². The molecule has 0 N–H and O–H groups in total. The quantitative estimate of drug-likeness (QED) is 0.824. The minimum Gasteiger partial charge on any atom is -0.448 e. The molecule has 6 heteroatoms. The van der Waals surface area contributed by atoms with Crippen LogP contribution in [0.1, 0.15) is 11.4 Å². The fraction of sp³-hybridized carbons (Fsp3) is 0.182. The summed E-state index contributed by atoms with van der Waals surface area (Å²) in [6, 6.07) is 1.80. The highest BCUT2D eigenvalue weighted by Crippen LogP contribution is 2.20. The van der Waals surface area contributed by atoms with Gasteiger partial charge < -0.3 is 4.74 Å². The van der Waals surface area contributed by atoms with Crippen LogP contribution in [0.4, 0.5) is 0 Å². The van der Waals surface area contributed by atoms with Gasteiger partial charge in [0.05, 0.1) is 12.4 Å². The van der Waals surface area contributed by atoms with Gasteiger partial charge in [0.25, 0.3) is 0 Å². The Labute approximate surface area is 104 Å². The van der Waals surface area contributed by atoms with Crippen LogP contribution in [-0.2, 0) is 0 Å². The highest BCUT2D eigenvalue weighted by molar-refractivity contribution is 7.78. The predicted molar refractivity (Wildman–Crippen MR) is 66.7 cm³/mol. The van der Waals surface area contributed by atoms with Crippen LogP contribution in [0.25, 0.3) is 0 Å². The third-order valence-corrected chi connectivity index (χ3v) is 2.76. The number of thiol groups is 1. The largest absolute Gasteiger partial charge is 0.448 e. The Morgan fingerprint density at radius 1 is 1.29 bits per heavy atom. The van der Waals surface area contributed by atoms with E-state index in [-0.39, 0.29) is 11.3 Å². The van der Waals surface area contributed by atoms with Crippen molar-refractivity contribution in [1.82, 2.24) is 13.9 Å². The number of pyridine rings is 1. The van der Waals surface area contributed by atoms with E-state index in [0.717, 1.165) is 9.54 Å². The molecule has 0 aromatic carbocycles. The number of hydrogen-bond donors (Lipinski definition) is 1. The molecule has 0 radical (unpaired) electrons. The fourth-order valence-corrected chi connectivity index (χ4v) is 1.41. The number of rotatable bonds is 2. The van der Waals surface area contributed by atoms with Gasteiger partial charge in [-0.3, -0.25) is 9.78 Å². The Balaban J connectivity index is 2.41. The van der Waals surface area contributed by atoms with Crippen molar-refractivity contribution in [2.45, 2.75) is 13.8 Å². The van der Waals surface area contributed by atoms with E-state index < -0.39 is 0 Å². The molecule has 88 valence electrons. The van der Waals surface area contributed by atoms with Gasteiger partial charge in [0.1, 0.15) is 11.6 Å². The van der Waals surface area contributed by atoms with E-state index in [4.69, 9.17) is 4.74 Å². The monoisotopic (exact) mass is 249 g/mol. The Bertz CT molecular complexity index is 610. The zero-order valence-corrected chi connectivity index (χ0v) is 10.3. The van der Waals surface area contributed by atoms with Gasteiger partial charge in [-0.25, -0.2) is 8.96 Å². The lowest BCUT2D eigenvalue weighted by Gasteiger charge is -2.08. The van der Waals surface area contributed by atoms with Crippen LogP contribution >= 0.6 is 12.8 Å². The Morgan fingerprint density at radius 3 is 2.76 bits per heavy atom. The molecule has 0 aliphatic heterocycles. The highest BCUT2D eigenvalue weighted by atomic mass is 32.1. The molecule has 0 saturated heterocycles. The first-order chi connectivity index (χ1) is 8.09. The Hall–Kier alpha value is -1.82. The van der Waals surface area contributed by atoms with Crippen molar-refractivity contribution in [3.63, 3.8) is 0 Å². The van der Waals surface area contributed by atoms with Crippen LogP contribution in [0.15, 0.2) is 29.5 Å². The zero-order valence-electron chi connectivity index (χ0n) is 9.41. The number of hydrogen-bond acceptors (Lipinski definition) is 5. The van der Waals surface area contributed by atoms with Gasteiger partial charge in [-0.15, -0.1) is 0 Å². The number of nitrogens with zero attached hydrogens (tertiary/aromatic N) is 3. The first kappa shape index (κ1) is 11.7. The second kappa shape index (κ2) is 4.58. The summed E-state index contributed by atoms with van der Waals surface area (Å²) in [5, 5.41) is 0. The molecule has 0 atom stereocenters. The minimum atomic E-state index is -0.343. The van der Waals surface area contributed by atoms with Crippen LogP contribution in [-0.4, -0.2) is 13.9 Å². The summed E-state index contributed by atoms with van der Waals surface area (Å²) in [5.41, 5.74) is 0.551. The summed E-state index contributed by atoms with van der Waals surface area (Å²) in [6.45, 7) is 3.56. The Morgan fingerprint density at radius 2 is 2.06 bits per heavy atom. The molecule has 0 bridgehead atoms. The second-order valence-corrected chi connectivity index (χ2v) is 3.93. The summed E-state index contributed by atoms with van der Waals surface area (Å²) in [5.74, 6) is 1.17. The first-order valence-electron chi connectivity index (χ1n) is 4.96. The molecule has 0 unspecified atom stereocenters. The predicted octanol–water partition coefficient (Wildman–Crippen LogP) is 1.74. The maximum Gasteiger partial charge on any atom is 0.306 e. The van der Waals surface area contributed by atoms with Crippen molar-refractivity contribution < 1.29 is 4.74 Å². The second-order valence-electron chi connectivity index (χ2n) is 3.53. The zero-order chi connectivity index (χ0) is 12.4. The van der Waals surface area contributed by atoms with Gasteiger partial charge in [0, 0.05) is 6.20 Å². The molecule has 17 heavy (non-hydrogen) atoms. The van der Waals surface area contributed by atoms with E-state index in [2.05, 4.69) is 22.8 Å². The van der Waals surface area contributed by atoms with Crippen LogP contribution in [0.3, 0.4) is 0 Å². The van der Waals surface area contributed by atoms with Crippen molar-refractivity contribution in [1.29, 1.82) is 0 Å². The van der Waals surface area contributed by atoms with Gasteiger partial charge >= 0.3 is 5.56 Å². The normalized spacial score (nSPS) is 10.3. The number of ether oxygens (including phenoxy) is 1. The summed E-state index contributed by atoms with van der Waals surface area (Å²) < 4.78 is 6.61. The molecular weight excluding hydrogens is 238 g/mol. The van der Waals surface area contributed by atoms with Gasteiger partial charge in [0.15, 0.2) is 0 Å². The molecule has 0 spiro atoms. The molecule has 0 aliphatic rings. The minimum absolute atomic E-state index is 0.127. The van der Waals surface area contributed by atoms with Gasteiger partial charge in [-0.05, 0) is 25.5 Å². The maximum atomic E-state index is 11.8. The molecule has 0 fully saturated rings. The average molecular weight is 249 g/mol. The summed E-state index contributed by atoms with van der Waals surface area (Å²) >= 11 is 4.02. The maximum absolute atomic E-state index is 11.8. The highest BCUT2D eigenvalue weighted by Gasteiger charge is 2.08. The van der Waals surface area contributed by atoms with E-state index in [0.29, 0.717) is 11.6 Å². The van der Waals surface area contributed by atoms with Crippen molar-refractivity contribution in [2.24, 2.45) is 0 Å². The summed E-state index contributed by atoms with van der Waals surface area (Å²) in [4.78, 5) is 19.8. The molecule has 5 nitrogen and oxygen atoms in total. The standard InChI is InChI=1S/C11H11N3O2S/c1-7-3-4-12-5-9(7)16-10-6-13-8(2)14(17)11(10)15/h3-6,17H,1-2H3. The molecule has 0 aliphatic carbocycles. The van der Waals surface area contributed by atoms with Crippen LogP contribution in [0.5, 0.6) is 11.5 Å². The number of aromatic nitrogens is 3. The van der Waals surface area contributed by atoms with E-state index in [1.165, 1.54) is 6.20 Å². The molecule has 2 rings (SSSR count). The topological polar surface area (TPSA) is 57.0 Å². The molecule has 2 aromatic rings. The Kier molecular flexibility index (Phi) is 3.14. The SMILES string of the molecule is Cc1ccncc1Oc1cnc(C)n(S)c1=O. The van der Waals surface area contributed by atoms with Gasteiger partial charge in [0.2, 0.25) is 5.75 Å². The number of aryl methyl sites for hydroxylation is 2. The van der Waals surface area contributed by atoms with E-state index in [1.807, 2.05) is 6.92 Å². The molecule has 0 amide bonds. The molecular formula is C11H11N3O2S.